The lowest BCUT2D eigenvalue weighted by Crippen LogP contribution is -2.11. The van der Waals surface area contributed by atoms with Gasteiger partial charge in [-0.15, -0.1) is 0 Å². The third-order valence-electron chi connectivity index (χ3n) is 3.22. The minimum Gasteiger partial charge on any atom is -0.489 e. The molecule has 0 N–H and O–H groups in total. The van der Waals surface area contributed by atoms with Crippen LogP contribution in [-0.4, -0.2) is 18.4 Å². The van der Waals surface area contributed by atoms with Crippen molar-refractivity contribution in [3.05, 3.63) is 64.2 Å². The summed E-state index contributed by atoms with van der Waals surface area (Å²) >= 11 is 6.08. The second-order valence-corrected chi connectivity index (χ2v) is 5.27. The van der Waals surface area contributed by atoms with Crippen LogP contribution in [0.1, 0.15) is 40.1 Å². The molecule has 2 rings (SSSR count). The Labute approximate surface area is 140 Å². The lowest BCUT2D eigenvalue weighted by Gasteiger charge is -2.11. The van der Waals surface area contributed by atoms with Gasteiger partial charge in [0.25, 0.3) is 0 Å². The Kier molecular flexibility index (Phi) is 5.77. The Bertz CT molecular complexity index is 725. The number of Topliss-reactive ketones (excluding diaryl/α,β-unsaturated/α-hetero) is 1. The molecular weight excluding hydrogens is 316 g/mol. The normalized spacial score (nSPS) is 10.2. The third kappa shape index (κ3) is 4.33. The van der Waals surface area contributed by atoms with E-state index in [1.54, 1.807) is 25.1 Å². The molecule has 0 spiro atoms. The quantitative estimate of drug-likeness (QED) is 0.584. The van der Waals surface area contributed by atoms with Gasteiger partial charge in [0.2, 0.25) is 0 Å². The number of carbonyl (C=O) groups excluding carboxylic acids is 2. The molecule has 0 unspecified atom stereocenters. The van der Waals surface area contributed by atoms with Gasteiger partial charge in [-0.05, 0) is 38.1 Å². The van der Waals surface area contributed by atoms with Crippen LogP contribution in [0.4, 0.5) is 0 Å². The Morgan fingerprint density at radius 3 is 2.48 bits per heavy atom. The number of benzene rings is 2. The zero-order chi connectivity index (χ0) is 16.8. The molecule has 0 amide bonds. The number of halogens is 1. The highest BCUT2D eigenvalue weighted by molar-refractivity contribution is 6.31. The molecular formula is C18H17ClO4. The van der Waals surface area contributed by atoms with Gasteiger partial charge in [0.1, 0.15) is 12.4 Å². The average molecular weight is 333 g/mol. The summed E-state index contributed by atoms with van der Waals surface area (Å²) in [6.45, 7) is 3.62. The number of ether oxygens (including phenoxy) is 2. The first-order chi connectivity index (χ1) is 11.0. The molecule has 0 aromatic heterocycles. The molecule has 2 aromatic rings. The van der Waals surface area contributed by atoms with E-state index >= 15 is 0 Å². The van der Waals surface area contributed by atoms with E-state index < -0.39 is 5.97 Å². The van der Waals surface area contributed by atoms with E-state index in [0.29, 0.717) is 16.3 Å². The van der Waals surface area contributed by atoms with E-state index in [-0.39, 0.29) is 24.6 Å². The van der Waals surface area contributed by atoms with Crippen molar-refractivity contribution < 1.29 is 19.1 Å². The van der Waals surface area contributed by atoms with Gasteiger partial charge in [0.05, 0.1) is 12.2 Å². The molecule has 2 aromatic carbocycles. The molecule has 0 atom stereocenters. The van der Waals surface area contributed by atoms with Gasteiger partial charge in [-0.3, -0.25) is 4.79 Å². The van der Waals surface area contributed by atoms with Crippen molar-refractivity contribution in [3.8, 4) is 5.75 Å². The van der Waals surface area contributed by atoms with Crippen LogP contribution in [-0.2, 0) is 11.3 Å². The monoisotopic (exact) mass is 332 g/mol. The molecule has 5 heteroatoms. The zero-order valence-electron chi connectivity index (χ0n) is 13.0. The molecule has 120 valence electrons. The molecule has 0 bridgehead atoms. The average Bonchev–Trinajstić information content (AvgIpc) is 2.54. The SMILES string of the molecule is CCOC(=O)c1cc(OCc2ccccc2Cl)ccc1C(C)=O. The first kappa shape index (κ1) is 17.0. The lowest BCUT2D eigenvalue weighted by atomic mass is 10.0. The maximum absolute atomic E-state index is 12.0. The second-order valence-electron chi connectivity index (χ2n) is 4.86. The fraction of sp³-hybridized carbons (Fsp3) is 0.222. The van der Waals surface area contributed by atoms with Gasteiger partial charge in [0, 0.05) is 16.1 Å². The minimum absolute atomic E-state index is 0.203. The Balaban J connectivity index is 2.23. The maximum atomic E-state index is 12.0. The molecule has 0 saturated heterocycles. The molecule has 0 aliphatic carbocycles. The largest absolute Gasteiger partial charge is 0.489 e. The first-order valence-corrected chi connectivity index (χ1v) is 7.59. The van der Waals surface area contributed by atoms with Gasteiger partial charge < -0.3 is 9.47 Å². The summed E-state index contributed by atoms with van der Waals surface area (Å²) in [4.78, 5) is 23.6. The van der Waals surface area contributed by atoms with Crippen molar-refractivity contribution in [2.24, 2.45) is 0 Å². The predicted molar refractivity (Wildman–Crippen MR) is 88.2 cm³/mol. The number of ketones is 1. The van der Waals surface area contributed by atoms with Gasteiger partial charge >= 0.3 is 5.97 Å². The molecule has 0 saturated carbocycles. The summed E-state index contributed by atoms with van der Waals surface area (Å²) in [5, 5.41) is 0.610. The second kappa shape index (κ2) is 7.79. The van der Waals surface area contributed by atoms with E-state index in [2.05, 4.69) is 0 Å². The Morgan fingerprint density at radius 1 is 1.09 bits per heavy atom. The van der Waals surface area contributed by atoms with Crippen LogP contribution in [0.3, 0.4) is 0 Å². The van der Waals surface area contributed by atoms with Crippen molar-refractivity contribution in [1.29, 1.82) is 0 Å². The number of hydrogen-bond acceptors (Lipinski definition) is 4. The van der Waals surface area contributed by atoms with Crippen molar-refractivity contribution in [2.75, 3.05) is 6.61 Å². The number of esters is 1. The van der Waals surface area contributed by atoms with Crippen LogP contribution < -0.4 is 4.74 Å². The molecule has 0 heterocycles. The summed E-state index contributed by atoms with van der Waals surface area (Å²) in [6.07, 6.45) is 0. The summed E-state index contributed by atoms with van der Waals surface area (Å²) in [5.41, 5.74) is 1.35. The van der Waals surface area contributed by atoms with Crippen LogP contribution in [0.5, 0.6) is 5.75 Å². The third-order valence-corrected chi connectivity index (χ3v) is 3.59. The fourth-order valence-corrected chi connectivity index (χ4v) is 2.26. The number of carbonyl (C=O) groups is 2. The Morgan fingerprint density at radius 2 is 1.83 bits per heavy atom. The zero-order valence-corrected chi connectivity index (χ0v) is 13.7. The highest BCUT2D eigenvalue weighted by atomic mass is 35.5. The molecule has 0 fully saturated rings. The number of hydrogen-bond donors (Lipinski definition) is 0. The highest BCUT2D eigenvalue weighted by Gasteiger charge is 2.17. The highest BCUT2D eigenvalue weighted by Crippen LogP contribution is 2.22. The summed E-state index contributed by atoms with van der Waals surface area (Å²) in [7, 11) is 0. The summed E-state index contributed by atoms with van der Waals surface area (Å²) in [5.74, 6) is -0.274. The van der Waals surface area contributed by atoms with Gasteiger partial charge in [-0.25, -0.2) is 4.79 Å². The van der Waals surface area contributed by atoms with Crippen molar-refractivity contribution in [3.63, 3.8) is 0 Å². The van der Waals surface area contributed by atoms with Crippen molar-refractivity contribution in [1.82, 2.24) is 0 Å². The molecule has 0 aliphatic rings. The summed E-state index contributed by atoms with van der Waals surface area (Å²) < 4.78 is 10.7. The van der Waals surface area contributed by atoms with Crippen molar-refractivity contribution in [2.45, 2.75) is 20.5 Å². The molecule has 0 aliphatic heterocycles. The van der Waals surface area contributed by atoms with E-state index in [0.717, 1.165) is 5.56 Å². The molecule has 0 radical (unpaired) electrons. The van der Waals surface area contributed by atoms with Crippen LogP contribution in [0, 0.1) is 0 Å². The van der Waals surface area contributed by atoms with E-state index in [1.165, 1.54) is 13.0 Å². The fourth-order valence-electron chi connectivity index (χ4n) is 2.07. The van der Waals surface area contributed by atoms with Gasteiger partial charge in [-0.2, -0.15) is 0 Å². The maximum Gasteiger partial charge on any atom is 0.338 e. The topological polar surface area (TPSA) is 52.6 Å². The number of rotatable bonds is 6. The standard InChI is InChI=1S/C18H17ClO4/c1-3-22-18(21)16-10-14(8-9-15(16)12(2)20)23-11-13-6-4-5-7-17(13)19/h4-10H,3,11H2,1-2H3. The smallest absolute Gasteiger partial charge is 0.338 e. The molecule has 4 nitrogen and oxygen atoms in total. The van der Waals surface area contributed by atoms with E-state index in [1.807, 2.05) is 18.2 Å². The molecule has 23 heavy (non-hydrogen) atoms. The van der Waals surface area contributed by atoms with Crippen LogP contribution in [0.15, 0.2) is 42.5 Å². The lowest BCUT2D eigenvalue weighted by molar-refractivity contribution is 0.0522. The predicted octanol–water partition coefficient (Wildman–Crippen LogP) is 4.30. The van der Waals surface area contributed by atoms with E-state index in [9.17, 15) is 9.59 Å². The van der Waals surface area contributed by atoms with Crippen molar-refractivity contribution >= 4 is 23.4 Å². The van der Waals surface area contributed by atoms with Crippen LogP contribution in [0.25, 0.3) is 0 Å². The van der Waals surface area contributed by atoms with Crippen LogP contribution in [0.2, 0.25) is 5.02 Å². The summed E-state index contributed by atoms with van der Waals surface area (Å²) in [6, 6.07) is 12.1. The van der Waals surface area contributed by atoms with E-state index in [4.69, 9.17) is 21.1 Å². The first-order valence-electron chi connectivity index (χ1n) is 7.21. The Hall–Kier alpha value is -2.33. The minimum atomic E-state index is -0.541. The van der Waals surface area contributed by atoms with Gasteiger partial charge in [0.15, 0.2) is 5.78 Å². The van der Waals surface area contributed by atoms with Gasteiger partial charge in [-0.1, -0.05) is 29.8 Å². The van der Waals surface area contributed by atoms with Crippen LogP contribution >= 0.6 is 11.6 Å².